The van der Waals surface area contributed by atoms with Crippen LogP contribution < -0.4 is 0 Å². The van der Waals surface area contributed by atoms with Gasteiger partial charge in [-0.25, -0.2) is 0 Å². The van der Waals surface area contributed by atoms with Gasteiger partial charge in [-0.05, 0) is 44.3 Å². The number of hydrogen-bond acceptors (Lipinski definition) is 0. The molecule has 0 nitrogen and oxygen atoms in total. The van der Waals surface area contributed by atoms with Gasteiger partial charge in [-0.1, -0.05) is 104 Å². The lowest BCUT2D eigenvalue weighted by atomic mass is 9.45. The molecular weight excluding hydrogens is 312 g/mol. The zero-order valence-electron chi connectivity index (χ0n) is 17.6. The summed E-state index contributed by atoms with van der Waals surface area (Å²) in [5, 5.41) is 0. The minimum Gasteiger partial charge on any atom is -0.0578 e. The quantitative estimate of drug-likeness (QED) is 0.434. The van der Waals surface area contributed by atoms with Crippen molar-refractivity contribution in [2.45, 2.75) is 55.4 Å². The molecule has 0 saturated heterocycles. The van der Waals surface area contributed by atoms with Gasteiger partial charge in [0, 0.05) is 10.8 Å². The molecule has 4 rings (SSSR count). The molecule has 0 unspecified atom stereocenters. The fraction of sp³-hybridized carbons (Fsp3) is 0.462. The normalized spacial score (nSPS) is 32.6. The SMILES string of the molecule is CC(C)(C)C1=CC2=CC=C3C=C(C(C)(C)C)C=C4C=CC(=C1)[C@@]2(C)[C@@]34C. The van der Waals surface area contributed by atoms with Gasteiger partial charge in [0.1, 0.15) is 0 Å². The van der Waals surface area contributed by atoms with E-state index in [-0.39, 0.29) is 21.7 Å². The van der Waals surface area contributed by atoms with E-state index in [1.54, 1.807) is 0 Å². The van der Waals surface area contributed by atoms with Gasteiger partial charge in [0.05, 0.1) is 0 Å². The van der Waals surface area contributed by atoms with E-state index in [9.17, 15) is 0 Å². The van der Waals surface area contributed by atoms with Crippen LogP contribution in [0.5, 0.6) is 0 Å². The number of hydrogen-bond donors (Lipinski definition) is 0. The lowest BCUT2D eigenvalue weighted by Crippen LogP contribution is -2.48. The van der Waals surface area contributed by atoms with Crippen molar-refractivity contribution in [3.63, 3.8) is 0 Å². The highest BCUT2D eigenvalue weighted by atomic mass is 14.6. The molecule has 0 fully saturated rings. The highest BCUT2D eigenvalue weighted by Gasteiger charge is 2.56. The summed E-state index contributed by atoms with van der Waals surface area (Å²) in [4.78, 5) is 0. The monoisotopic (exact) mass is 344 g/mol. The van der Waals surface area contributed by atoms with Gasteiger partial charge in [-0.2, -0.15) is 0 Å². The third kappa shape index (κ3) is 2.08. The zero-order valence-corrected chi connectivity index (χ0v) is 17.6. The molecule has 0 radical (unpaired) electrons. The molecule has 0 aromatic heterocycles. The molecular formula is C26H32. The minimum absolute atomic E-state index is 0.00628. The fourth-order valence-corrected chi connectivity index (χ4v) is 4.90. The summed E-state index contributed by atoms with van der Waals surface area (Å²) in [5.41, 5.74) is 9.00. The third-order valence-corrected chi connectivity index (χ3v) is 7.17. The molecule has 136 valence electrons. The van der Waals surface area contributed by atoms with Crippen molar-refractivity contribution in [3.8, 4) is 0 Å². The smallest absolute Gasteiger partial charge is 0.0309 e. The molecule has 0 saturated carbocycles. The first-order valence-electron chi connectivity index (χ1n) is 9.88. The third-order valence-electron chi connectivity index (χ3n) is 7.17. The Labute approximate surface area is 159 Å². The van der Waals surface area contributed by atoms with Crippen molar-refractivity contribution in [3.05, 3.63) is 82.0 Å². The van der Waals surface area contributed by atoms with Crippen LogP contribution in [0.15, 0.2) is 82.0 Å². The molecule has 4 aliphatic carbocycles. The molecule has 26 heavy (non-hydrogen) atoms. The van der Waals surface area contributed by atoms with Gasteiger partial charge in [-0.3, -0.25) is 0 Å². The average molecular weight is 345 g/mol. The predicted octanol–water partition coefficient (Wildman–Crippen LogP) is 7.26. The molecule has 0 N–H and O–H groups in total. The molecule has 0 aromatic carbocycles. The van der Waals surface area contributed by atoms with Crippen LogP contribution in [0.25, 0.3) is 0 Å². The number of rotatable bonds is 0. The largest absolute Gasteiger partial charge is 0.0578 e. The van der Waals surface area contributed by atoms with Gasteiger partial charge < -0.3 is 0 Å². The Bertz CT molecular complexity index is 830. The van der Waals surface area contributed by atoms with Crippen molar-refractivity contribution in [1.29, 1.82) is 0 Å². The Balaban J connectivity index is 2.01. The Morgan fingerprint density at radius 1 is 0.538 bits per heavy atom. The second-order valence-corrected chi connectivity index (χ2v) is 10.7. The summed E-state index contributed by atoms with van der Waals surface area (Å²) in [5.74, 6) is 0. The molecule has 0 heteroatoms. The highest BCUT2D eigenvalue weighted by Crippen LogP contribution is 2.66. The van der Waals surface area contributed by atoms with E-state index in [0.29, 0.717) is 0 Å². The van der Waals surface area contributed by atoms with Crippen LogP contribution in [0, 0.1) is 21.7 Å². The van der Waals surface area contributed by atoms with E-state index < -0.39 is 0 Å². The second-order valence-electron chi connectivity index (χ2n) is 10.7. The van der Waals surface area contributed by atoms with Gasteiger partial charge in [0.15, 0.2) is 0 Å². The van der Waals surface area contributed by atoms with Gasteiger partial charge >= 0.3 is 0 Å². The molecule has 0 aromatic rings. The van der Waals surface area contributed by atoms with Gasteiger partial charge in [-0.15, -0.1) is 0 Å². The maximum absolute atomic E-state index is 2.45. The topological polar surface area (TPSA) is 0 Å². The molecule has 4 aliphatic rings. The Morgan fingerprint density at radius 2 is 0.885 bits per heavy atom. The van der Waals surface area contributed by atoms with Crippen LogP contribution in [0.4, 0.5) is 0 Å². The maximum atomic E-state index is 2.45. The van der Waals surface area contributed by atoms with E-state index in [1.165, 1.54) is 33.4 Å². The van der Waals surface area contributed by atoms with Crippen LogP contribution in [-0.4, -0.2) is 0 Å². The molecule has 0 heterocycles. The lowest BCUT2D eigenvalue weighted by molar-refractivity contribution is 0.245. The van der Waals surface area contributed by atoms with E-state index in [2.05, 4.69) is 104 Å². The lowest BCUT2D eigenvalue weighted by Gasteiger charge is -2.57. The van der Waals surface area contributed by atoms with Crippen molar-refractivity contribution >= 4 is 0 Å². The predicted molar refractivity (Wildman–Crippen MR) is 113 cm³/mol. The maximum Gasteiger partial charge on any atom is 0.0309 e. The van der Waals surface area contributed by atoms with Crippen LogP contribution in [0.1, 0.15) is 55.4 Å². The Morgan fingerprint density at radius 3 is 1.19 bits per heavy atom. The van der Waals surface area contributed by atoms with Crippen LogP contribution in [0.3, 0.4) is 0 Å². The average Bonchev–Trinajstić information content (AvgIpc) is 2.50. The van der Waals surface area contributed by atoms with Crippen molar-refractivity contribution in [2.75, 3.05) is 0 Å². The fourth-order valence-electron chi connectivity index (χ4n) is 4.90. The van der Waals surface area contributed by atoms with Crippen molar-refractivity contribution in [1.82, 2.24) is 0 Å². The van der Waals surface area contributed by atoms with E-state index in [1.807, 2.05) is 0 Å². The van der Waals surface area contributed by atoms with Crippen LogP contribution >= 0.6 is 0 Å². The second kappa shape index (κ2) is 4.91. The number of allylic oxidation sites excluding steroid dienone is 14. The van der Waals surface area contributed by atoms with E-state index in [4.69, 9.17) is 0 Å². The summed E-state index contributed by atoms with van der Waals surface area (Å²) < 4.78 is 0. The summed E-state index contributed by atoms with van der Waals surface area (Å²) in [7, 11) is 0. The first kappa shape index (κ1) is 17.6. The molecule has 0 amide bonds. The molecule has 0 aliphatic heterocycles. The van der Waals surface area contributed by atoms with Crippen molar-refractivity contribution < 1.29 is 0 Å². The first-order valence-corrected chi connectivity index (χ1v) is 9.88. The van der Waals surface area contributed by atoms with Gasteiger partial charge in [0.25, 0.3) is 0 Å². The Hall–Kier alpha value is -1.82. The summed E-state index contributed by atoms with van der Waals surface area (Å²) in [6.45, 7) is 18.7. The summed E-state index contributed by atoms with van der Waals surface area (Å²) >= 11 is 0. The van der Waals surface area contributed by atoms with Crippen molar-refractivity contribution in [2.24, 2.45) is 21.7 Å². The highest BCUT2D eigenvalue weighted by molar-refractivity contribution is 5.69. The van der Waals surface area contributed by atoms with E-state index >= 15 is 0 Å². The van der Waals surface area contributed by atoms with Gasteiger partial charge in [0.2, 0.25) is 0 Å². The molecule has 2 atom stereocenters. The first-order chi connectivity index (χ1) is 11.9. The summed E-state index contributed by atoms with van der Waals surface area (Å²) in [6, 6.07) is 0. The summed E-state index contributed by atoms with van der Waals surface area (Å²) in [6.07, 6.45) is 19.3. The zero-order chi connectivity index (χ0) is 19.1. The molecule has 0 bridgehead atoms. The van der Waals surface area contributed by atoms with Crippen LogP contribution in [-0.2, 0) is 0 Å². The molecule has 0 spiro atoms. The minimum atomic E-state index is 0.00628. The standard InChI is InChI=1S/C26H32/c1-23(2,3)21-13-17-9-11-19-15-22(24(4,5)6)16-20-12-10-18(14-21)25(17,7)26(19,20)8/h9-16H,1-8H3/t25-,26-. The van der Waals surface area contributed by atoms with Crippen LogP contribution in [0.2, 0.25) is 0 Å². The Kier molecular flexibility index (Phi) is 3.32. The van der Waals surface area contributed by atoms with E-state index in [0.717, 1.165) is 0 Å².